The highest BCUT2D eigenvalue weighted by Crippen LogP contribution is 2.25. The molecule has 12 heavy (non-hydrogen) atoms. The Balaban J connectivity index is 2.43. The van der Waals surface area contributed by atoms with Crippen molar-refractivity contribution in [3.8, 4) is 6.07 Å². The van der Waals surface area contributed by atoms with Gasteiger partial charge in [-0.25, -0.2) is 0 Å². The van der Waals surface area contributed by atoms with E-state index in [1.165, 1.54) is 6.26 Å². The van der Waals surface area contributed by atoms with Crippen molar-refractivity contribution < 1.29 is 9.21 Å². The summed E-state index contributed by atoms with van der Waals surface area (Å²) < 4.78 is 5.09. The maximum atomic E-state index is 11.4. The predicted octanol–water partition coefficient (Wildman–Crippen LogP) is 1.55. The zero-order valence-electron chi connectivity index (χ0n) is 6.41. The Kier molecular flexibility index (Phi) is 1.47. The Bertz CT molecular complexity index is 359. The fraction of sp³-hybridized carbons (Fsp3) is 0.333. The lowest BCUT2D eigenvalue weighted by molar-refractivity contribution is 0.0931. The first-order valence-electron chi connectivity index (χ1n) is 3.83. The number of carbonyl (C=O) groups excluding carboxylic acids is 1. The Morgan fingerprint density at radius 3 is 3.25 bits per heavy atom. The summed E-state index contributed by atoms with van der Waals surface area (Å²) in [5.41, 5.74) is 0.591. The Morgan fingerprint density at radius 2 is 2.50 bits per heavy atom. The second kappa shape index (κ2) is 2.49. The molecular weight excluding hydrogens is 154 g/mol. The van der Waals surface area contributed by atoms with Gasteiger partial charge in [-0.05, 0) is 12.5 Å². The molecule has 0 aliphatic heterocycles. The number of aryl methyl sites for hydroxylation is 1. The van der Waals surface area contributed by atoms with E-state index in [-0.39, 0.29) is 5.78 Å². The van der Waals surface area contributed by atoms with Crippen molar-refractivity contribution in [2.75, 3.05) is 0 Å². The number of nitriles is 1. The van der Waals surface area contributed by atoms with Crippen LogP contribution in [0.2, 0.25) is 0 Å². The number of ketones is 1. The minimum atomic E-state index is -0.463. The predicted molar refractivity (Wildman–Crippen MR) is 40.5 cm³/mol. The zero-order valence-corrected chi connectivity index (χ0v) is 6.41. The van der Waals surface area contributed by atoms with Crippen LogP contribution in [-0.4, -0.2) is 5.78 Å². The Morgan fingerprint density at radius 1 is 1.67 bits per heavy atom. The van der Waals surface area contributed by atoms with Gasteiger partial charge in [0.05, 0.1) is 17.9 Å². The molecule has 1 unspecified atom stereocenters. The minimum absolute atomic E-state index is 0.0903. The van der Waals surface area contributed by atoms with Crippen molar-refractivity contribution in [2.24, 2.45) is 5.92 Å². The maximum absolute atomic E-state index is 11.4. The van der Waals surface area contributed by atoms with Gasteiger partial charge >= 0.3 is 0 Å². The number of hydrogen-bond acceptors (Lipinski definition) is 3. The highest BCUT2D eigenvalue weighted by Gasteiger charge is 2.28. The van der Waals surface area contributed by atoms with Crippen molar-refractivity contribution in [2.45, 2.75) is 12.8 Å². The summed E-state index contributed by atoms with van der Waals surface area (Å²) in [4.78, 5) is 11.4. The molecule has 0 aromatic carbocycles. The SMILES string of the molecule is N#CC1CCc2occc2C1=O. The molecule has 0 N–H and O–H groups in total. The van der Waals surface area contributed by atoms with Gasteiger partial charge in [0.1, 0.15) is 11.7 Å². The fourth-order valence-corrected chi connectivity index (χ4v) is 1.47. The van der Waals surface area contributed by atoms with E-state index in [4.69, 9.17) is 9.68 Å². The third-order valence-electron chi connectivity index (χ3n) is 2.14. The molecule has 2 rings (SSSR count). The number of carbonyl (C=O) groups is 1. The lowest BCUT2D eigenvalue weighted by Crippen LogP contribution is -2.19. The van der Waals surface area contributed by atoms with E-state index in [0.29, 0.717) is 18.4 Å². The van der Waals surface area contributed by atoms with Crippen LogP contribution in [0.3, 0.4) is 0 Å². The van der Waals surface area contributed by atoms with Gasteiger partial charge in [-0.3, -0.25) is 4.79 Å². The van der Waals surface area contributed by atoms with Crippen molar-refractivity contribution >= 4 is 5.78 Å². The van der Waals surface area contributed by atoms with Crippen LogP contribution < -0.4 is 0 Å². The summed E-state index contributed by atoms with van der Waals surface area (Å²) >= 11 is 0. The van der Waals surface area contributed by atoms with Crippen LogP contribution in [0, 0.1) is 17.2 Å². The third-order valence-corrected chi connectivity index (χ3v) is 2.14. The molecule has 0 fully saturated rings. The smallest absolute Gasteiger partial charge is 0.183 e. The largest absolute Gasteiger partial charge is 0.469 e. The molecular formula is C9H7NO2. The van der Waals surface area contributed by atoms with Crippen LogP contribution in [0.1, 0.15) is 22.5 Å². The molecule has 1 aliphatic carbocycles. The quantitative estimate of drug-likeness (QED) is 0.580. The minimum Gasteiger partial charge on any atom is -0.469 e. The summed E-state index contributed by atoms with van der Waals surface area (Å²) in [5, 5.41) is 8.62. The van der Waals surface area contributed by atoms with E-state index in [1.54, 1.807) is 6.07 Å². The molecule has 1 aliphatic rings. The second-order valence-electron chi connectivity index (χ2n) is 2.84. The normalized spacial score (nSPS) is 21.6. The molecule has 1 aromatic heterocycles. The molecule has 1 atom stereocenters. The molecule has 0 saturated carbocycles. The van der Waals surface area contributed by atoms with Crippen LogP contribution in [-0.2, 0) is 6.42 Å². The molecule has 3 heteroatoms. The molecule has 0 saturated heterocycles. The average molecular weight is 161 g/mol. The van der Waals surface area contributed by atoms with E-state index in [1.807, 2.05) is 6.07 Å². The number of Topliss-reactive ketones (excluding diaryl/α,β-unsaturated/α-hetero) is 1. The molecule has 0 bridgehead atoms. The van der Waals surface area contributed by atoms with Crippen LogP contribution in [0.15, 0.2) is 16.7 Å². The third kappa shape index (κ3) is 0.850. The summed E-state index contributed by atoms with van der Waals surface area (Å²) in [7, 11) is 0. The number of nitrogens with zero attached hydrogens (tertiary/aromatic N) is 1. The molecule has 3 nitrogen and oxygen atoms in total. The van der Waals surface area contributed by atoms with Gasteiger partial charge < -0.3 is 4.42 Å². The van der Waals surface area contributed by atoms with Crippen LogP contribution >= 0.6 is 0 Å². The van der Waals surface area contributed by atoms with Crippen molar-refractivity contribution in [3.05, 3.63) is 23.7 Å². The summed E-state index contributed by atoms with van der Waals surface area (Å²) in [5.74, 6) is 0.175. The van der Waals surface area contributed by atoms with Gasteiger partial charge in [0.2, 0.25) is 0 Å². The standard InChI is InChI=1S/C9H7NO2/c10-5-6-1-2-8-7(9(6)11)3-4-12-8/h3-4,6H,1-2H2. The molecule has 1 aromatic rings. The summed E-state index contributed by atoms with van der Waals surface area (Å²) in [6.07, 6.45) is 2.80. The Hall–Kier alpha value is -1.56. The highest BCUT2D eigenvalue weighted by molar-refractivity contribution is 6.01. The van der Waals surface area contributed by atoms with Crippen LogP contribution in [0.25, 0.3) is 0 Å². The monoisotopic (exact) mass is 161 g/mol. The molecule has 0 amide bonds. The number of furan rings is 1. The average Bonchev–Trinajstić information content (AvgIpc) is 2.53. The first-order valence-corrected chi connectivity index (χ1v) is 3.83. The van der Waals surface area contributed by atoms with Crippen molar-refractivity contribution in [3.63, 3.8) is 0 Å². The van der Waals surface area contributed by atoms with E-state index in [2.05, 4.69) is 0 Å². The van der Waals surface area contributed by atoms with E-state index in [9.17, 15) is 4.79 Å². The first kappa shape index (κ1) is 7.11. The number of rotatable bonds is 0. The van der Waals surface area contributed by atoms with E-state index < -0.39 is 5.92 Å². The summed E-state index contributed by atoms with van der Waals surface area (Å²) in [6, 6.07) is 3.63. The lowest BCUT2D eigenvalue weighted by Gasteiger charge is -2.12. The van der Waals surface area contributed by atoms with Crippen molar-refractivity contribution in [1.29, 1.82) is 5.26 Å². The van der Waals surface area contributed by atoms with Crippen molar-refractivity contribution in [1.82, 2.24) is 0 Å². The zero-order chi connectivity index (χ0) is 8.55. The van der Waals surface area contributed by atoms with E-state index >= 15 is 0 Å². The number of fused-ring (bicyclic) bond motifs is 1. The topological polar surface area (TPSA) is 54.0 Å². The maximum Gasteiger partial charge on any atom is 0.183 e. The van der Waals surface area contributed by atoms with Gasteiger partial charge in [0.25, 0.3) is 0 Å². The number of hydrogen-bond donors (Lipinski definition) is 0. The van der Waals surface area contributed by atoms with Gasteiger partial charge in [0.15, 0.2) is 5.78 Å². The first-order chi connectivity index (χ1) is 5.83. The van der Waals surface area contributed by atoms with Gasteiger partial charge in [-0.1, -0.05) is 0 Å². The van der Waals surface area contributed by atoms with Gasteiger partial charge in [0, 0.05) is 6.42 Å². The molecule has 0 radical (unpaired) electrons. The lowest BCUT2D eigenvalue weighted by atomic mass is 9.88. The molecule has 1 heterocycles. The Labute approximate surface area is 69.6 Å². The van der Waals surface area contributed by atoms with Crippen LogP contribution in [0.4, 0.5) is 0 Å². The van der Waals surface area contributed by atoms with Crippen LogP contribution in [0.5, 0.6) is 0 Å². The fourth-order valence-electron chi connectivity index (χ4n) is 1.47. The second-order valence-corrected chi connectivity index (χ2v) is 2.84. The van der Waals surface area contributed by atoms with Gasteiger partial charge in [-0.2, -0.15) is 5.26 Å². The highest BCUT2D eigenvalue weighted by atomic mass is 16.3. The van der Waals surface area contributed by atoms with Gasteiger partial charge in [-0.15, -0.1) is 0 Å². The summed E-state index contributed by atoms with van der Waals surface area (Å²) in [6.45, 7) is 0. The molecule has 0 spiro atoms. The molecule has 60 valence electrons. The van der Waals surface area contributed by atoms with E-state index in [0.717, 1.165) is 5.76 Å².